The molecule has 0 aliphatic carbocycles. The van der Waals surface area contributed by atoms with Crippen LogP contribution in [0.2, 0.25) is 0 Å². The Bertz CT molecular complexity index is 498. The molecule has 0 heterocycles. The van der Waals surface area contributed by atoms with Crippen LogP contribution in [0.1, 0.15) is 32.3 Å². The molecule has 1 amide bonds. The van der Waals surface area contributed by atoms with Gasteiger partial charge in [0.05, 0.1) is 21.7 Å². The van der Waals surface area contributed by atoms with Crippen LogP contribution in [0, 0.1) is 17.0 Å². The van der Waals surface area contributed by atoms with Crippen LogP contribution >= 0.6 is 0 Å². The summed E-state index contributed by atoms with van der Waals surface area (Å²) < 4.78 is 0. The molecule has 0 aromatic heterocycles. The Balaban J connectivity index is 2.98. The van der Waals surface area contributed by atoms with Crippen molar-refractivity contribution in [1.82, 2.24) is 0 Å². The van der Waals surface area contributed by atoms with E-state index in [0.717, 1.165) is 6.42 Å². The summed E-state index contributed by atoms with van der Waals surface area (Å²) in [5, 5.41) is 13.5. The number of hydrogen-bond acceptors (Lipinski definition) is 4. The smallest absolute Gasteiger partial charge is 0.274 e. The van der Waals surface area contributed by atoms with Crippen molar-refractivity contribution >= 4 is 17.3 Å². The number of carbonyl (C=O) groups excluding carboxylic acids is 1. The van der Waals surface area contributed by atoms with E-state index in [1.54, 1.807) is 19.9 Å². The average molecular weight is 265 g/mol. The largest absolute Gasteiger partial charge is 0.324 e. The van der Waals surface area contributed by atoms with E-state index in [2.05, 4.69) is 5.32 Å². The van der Waals surface area contributed by atoms with E-state index >= 15 is 0 Å². The van der Waals surface area contributed by atoms with Crippen molar-refractivity contribution in [2.75, 3.05) is 5.32 Å². The maximum atomic E-state index is 12.1. The van der Waals surface area contributed by atoms with Crippen LogP contribution in [0.3, 0.4) is 0 Å². The summed E-state index contributed by atoms with van der Waals surface area (Å²) in [7, 11) is 0. The number of hydrogen-bond donors (Lipinski definition) is 2. The molecule has 1 rings (SSSR count). The number of amides is 1. The van der Waals surface area contributed by atoms with Crippen LogP contribution in [0.15, 0.2) is 18.2 Å². The molecule has 0 bridgehead atoms. The first-order valence-electron chi connectivity index (χ1n) is 6.14. The zero-order chi connectivity index (χ0) is 14.6. The van der Waals surface area contributed by atoms with Gasteiger partial charge >= 0.3 is 0 Å². The molecule has 1 unspecified atom stereocenters. The molecule has 6 heteroatoms. The number of benzene rings is 1. The zero-order valence-corrected chi connectivity index (χ0v) is 11.4. The number of nitro benzene ring substituents is 1. The van der Waals surface area contributed by atoms with Crippen molar-refractivity contribution in [3.8, 4) is 0 Å². The fourth-order valence-electron chi connectivity index (χ4n) is 1.85. The number of rotatable bonds is 5. The Labute approximate surface area is 112 Å². The zero-order valence-electron chi connectivity index (χ0n) is 11.4. The van der Waals surface area contributed by atoms with Crippen LogP contribution < -0.4 is 11.1 Å². The summed E-state index contributed by atoms with van der Waals surface area (Å²) in [6.07, 6.45) is 1.33. The number of carbonyl (C=O) groups is 1. The minimum Gasteiger partial charge on any atom is -0.324 e. The third-order valence-electron chi connectivity index (χ3n) is 3.04. The fourth-order valence-corrected chi connectivity index (χ4v) is 1.85. The van der Waals surface area contributed by atoms with Crippen molar-refractivity contribution in [3.63, 3.8) is 0 Å². The van der Waals surface area contributed by atoms with E-state index in [9.17, 15) is 14.9 Å². The lowest BCUT2D eigenvalue weighted by Gasteiger charge is -2.23. The van der Waals surface area contributed by atoms with Crippen LogP contribution in [0.25, 0.3) is 0 Å². The number of nitrogens with zero attached hydrogens (tertiary/aromatic N) is 1. The van der Waals surface area contributed by atoms with E-state index < -0.39 is 10.5 Å². The molecule has 0 spiro atoms. The molecule has 0 aliphatic rings. The van der Waals surface area contributed by atoms with Gasteiger partial charge in [-0.15, -0.1) is 0 Å². The highest BCUT2D eigenvalue weighted by molar-refractivity contribution is 5.98. The van der Waals surface area contributed by atoms with Crippen molar-refractivity contribution < 1.29 is 9.72 Å². The van der Waals surface area contributed by atoms with Crippen LogP contribution in [0.5, 0.6) is 0 Å². The first kappa shape index (κ1) is 15.1. The van der Waals surface area contributed by atoms with Crippen LogP contribution in [0.4, 0.5) is 11.4 Å². The summed E-state index contributed by atoms with van der Waals surface area (Å²) in [5.74, 6) is -0.335. The van der Waals surface area contributed by atoms with Crippen LogP contribution in [-0.2, 0) is 4.79 Å². The number of nitrogens with two attached hydrogens (primary N) is 1. The quantitative estimate of drug-likeness (QED) is 0.630. The topological polar surface area (TPSA) is 98.3 Å². The number of nitrogens with one attached hydrogen (secondary N) is 1. The van der Waals surface area contributed by atoms with E-state index in [1.165, 1.54) is 12.1 Å². The van der Waals surface area contributed by atoms with Crippen molar-refractivity contribution in [2.24, 2.45) is 5.73 Å². The maximum absolute atomic E-state index is 12.1. The van der Waals surface area contributed by atoms with Crippen molar-refractivity contribution in [3.05, 3.63) is 33.9 Å². The Morgan fingerprint density at radius 3 is 2.68 bits per heavy atom. The highest BCUT2D eigenvalue weighted by Crippen LogP contribution is 2.25. The summed E-state index contributed by atoms with van der Waals surface area (Å²) >= 11 is 0. The molecule has 1 aromatic rings. The predicted octanol–water partition coefficient (Wildman–Crippen LogP) is 2.36. The minimum absolute atomic E-state index is 0.0213. The van der Waals surface area contributed by atoms with E-state index in [0.29, 0.717) is 17.7 Å². The number of nitro groups is 1. The molecule has 1 atom stereocenters. The Kier molecular flexibility index (Phi) is 4.61. The molecule has 0 radical (unpaired) electrons. The molecule has 3 N–H and O–H groups in total. The van der Waals surface area contributed by atoms with Gasteiger partial charge < -0.3 is 11.1 Å². The van der Waals surface area contributed by atoms with Gasteiger partial charge in [0.25, 0.3) is 5.69 Å². The minimum atomic E-state index is -0.980. The summed E-state index contributed by atoms with van der Waals surface area (Å²) in [6.45, 7) is 5.19. The van der Waals surface area contributed by atoms with Gasteiger partial charge in [0, 0.05) is 6.07 Å². The Morgan fingerprint density at radius 1 is 1.53 bits per heavy atom. The molecule has 0 saturated heterocycles. The van der Waals surface area contributed by atoms with Gasteiger partial charge in [-0.1, -0.05) is 19.4 Å². The lowest BCUT2D eigenvalue weighted by Crippen LogP contribution is -2.48. The second-order valence-corrected chi connectivity index (χ2v) is 4.83. The Morgan fingerprint density at radius 2 is 2.16 bits per heavy atom. The lowest BCUT2D eigenvalue weighted by atomic mass is 9.96. The molecule has 0 saturated carbocycles. The average Bonchev–Trinajstić information content (AvgIpc) is 2.31. The highest BCUT2D eigenvalue weighted by Gasteiger charge is 2.28. The summed E-state index contributed by atoms with van der Waals surface area (Å²) in [4.78, 5) is 22.4. The molecule has 104 valence electrons. The van der Waals surface area contributed by atoms with Gasteiger partial charge in [-0.05, 0) is 26.3 Å². The molecule has 0 fully saturated rings. The lowest BCUT2D eigenvalue weighted by molar-refractivity contribution is -0.385. The monoisotopic (exact) mass is 265 g/mol. The normalized spacial score (nSPS) is 13.7. The van der Waals surface area contributed by atoms with Gasteiger partial charge in [-0.25, -0.2) is 0 Å². The van der Waals surface area contributed by atoms with Gasteiger partial charge in [-0.3, -0.25) is 14.9 Å². The molecule has 19 heavy (non-hydrogen) atoms. The van der Waals surface area contributed by atoms with Gasteiger partial charge in [0.1, 0.15) is 0 Å². The SMILES string of the molecule is CCCC(C)(N)C(=O)Nc1cccc([N+](=O)[O-])c1C. The van der Waals surface area contributed by atoms with E-state index in [4.69, 9.17) is 5.73 Å². The van der Waals surface area contributed by atoms with Gasteiger partial charge in [-0.2, -0.15) is 0 Å². The first-order valence-corrected chi connectivity index (χ1v) is 6.14. The molecule has 0 aliphatic heterocycles. The third-order valence-corrected chi connectivity index (χ3v) is 3.04. The third kappa shape index (κ3) is 3.51. The number of anilines is 1. The highest BCUT2D eigenvalue weighted by atomic mass is 16.6. The van der Waals surface area contributed by atoms with Gasteiger partial charge in [0.2, 0.25) is 5.91 Å². The summed E-state index contributed by atoms with van der Waals surface area (Å²) in [6, 6.07) is 4.56. The Hall–Kier alpha value is -1.95. The molecule has 6 nitrogen and oxygen atoms in total. The van der Waals surface area contributed by atoms with Crippen molar-refractivity contribution in [1.29, 1.82) is 0 Å². The van der Waals surface area contributed by atoms with Crippen LogP contribution in [-0.4, -0.2) is 16.4 Å². The standard InChI is InChI=1S/C13H19N3O3/c1-4-8-13(3,14)12(17)15-10-6-5-7-11(9(10)2)16(18)19/h5-7H,4,8,14H2,1-3H3,(H,15,17). The molecule has 1 aromatic carbocycles. The summed E-state index contributed by atoms with van der Waals surface area (Å²) in [5.41, 5.74) is 5.77. The van der Waals surface area contributed by atoms with E-state index in [-0.39, 0.29) is 11.6 Å². The maximum Gasteiger partial charge on any atom is 0.274 e. The fraction of sp³-hybridized carbons (Fsp3) is 0.462. The van der Waals surface area contributed by atoms with E-state index in [1.807, 2.05) is 6.92 Å². The molecular weight excluding hydrogens is 246 g/mol. The second-order valence-electron chi connectivity index (χ2n) is 4.83. The second kappa shape index (κ2) is 5.79. The van der Waals surface area contributed by atoms with Gasteiger partial charge in [0.15, 0.2) is 0 Å². The van der Waals surface area contributed by atoms with Crippen molar-refractivity contribution in [2.45, 2.75) is 39.2 Å². The predicted molar refractivity (Wildman–Crippen MR) is 74.0 cm³/mol. The molecular formula is C13H19N3O3. The first-order chi connectivity index (χ1) is 8.79.